The maximum absolute atomic E-state index is 11.6. The lowest BCUT2D eigenvalue weighted by Gasteiger charge is -2.40. The predicted molar refractivity (Wildman–Crippen MR) is 65.0 cm³/mol. The Bertz CT molecular complexity index is 216. The summed E-state index contributed by atoms with van der Waals surface area (Å²) in [6.45, 7) is 5.55. The Balaban J connectivity index is 2.11. The first-order chi connectivity index (χ1) is 7.58. The third-order valence-corrected chi connectivity index (χ3v) is 3.56. The lowest BCUT2D eigenvalue weighted by atomic mass is 9.67. The fourth-order valence-corrected chi connectivity index (χ4v) is 2.16. The van der Waals surface area contributed by atoms with E-state index in [1.165, 1.54) is 6.42 Å². The molecule has 1 aliphatic carbocycles. The molecule has 1 saturated carbocycles. The summed E-state index contributed by atoms with van der Waals surface area (Å²) in [5.41, 5.74) is 5.78. The highest BCUT2D eigenvalue weighted by Gasteiger charge is 2.37. The summed E-state index contributed by atoms with van der Waals surface area (Å²) in [6, 6.07) is 0. The summed E-state index contributed by atoms with van der Waals surface area (Å²) in [7, 11) is 0. The monoisotopic (exact) mass is 227 g/mol. The van der Waals surface area contributed by atoms with Crippen LogP contribution in [0.5, 0.6) is 0 Å². The van der Waals surface area contributed by atoms with E-state index in [0.29, 0.717) is 25.5 Å². The van der Waals surface area contributed by atoms with Gasteiger partial charge in [-0.3, -0.25) is 4.79 Å². The second kappa shape index (κ2) is 6.24. The minimum absolute atomic E-state index is 0.0612. The van der Waals surface area contributed by atoms with Gasteiger partial charge in [-0.25, -0.2) is 0 Å². The van der Waals surface area contributed by atoms with Crippen LogP contribution in [0.3, 0.4) is 0 Å². The largest absolute Gasteiger partial charge is 0.466 e. The second-order valence-electron chi connectivity index (χ2n) is 5.49. The molecule has 0 bridgehead atoms. The highest BCUT2D eigenvalue weighted by molar-refractivity contribution is 5.70. The van der Waals surface area contributed by atoms with Crippen LogP contribution in [0.2, 0.25) is 0 Å². The SMILES string of the molecule is CC(C)CCCOC(=O)CC1(CN)CCC1. The number of carbonyl (C=O) groups is 1. The Morgan fingerprint density at radius 2 is 2.12 bits per heavy atom. The molecule has 0 spiro atoms. The topological polar surface area (TPSA) is 52.3 Å². The van der Waals surface area contributed by atoms with E-state index in [2.05, 4.69) is 13.8 Å². The normalized spacial score (nSPS) is 18.2. The number of esters is 1. The standard InChI is InChI=1S/C13H25NO2/c1-11(2)5-3-8-16-12(15)9-13(10-14)6-4-7-13/h11H,3-10,14H2,1-2H3. The average Bonchev–Trinajstić information content (AvgIpc) is 2.18. The van der Waals surface area contributed by atoms with Crippen molar-refractivity contribution in [3.63, 3.8) is 0 Å². The molecule has 2 N–H and O–H groups in total. The molecule has 94 valence electrons. The molecule has 0 amide bonds. The van der Waals surface area contributed by atoms with Crippen molar-refractivity contribution in [2.75, 3.05) is 13.2 Å². The molecule has 1 aliphatic rings. The van der Waals surface area contributed by atoms with E-state index < -0.39 is 0 Å². The summed E-state index contributed by atoms with van der Waals surface area (Å²) in [5.74, 6) is 0.620. The molecular weight excluding hydrogens is 202 g/mol. The summed E-state index contributed by atoms with van der Waals surface area (Å²) >= 11 is 0. The van der Waals surface area contributed by atoms with Gasteiger partial charge in [0.05, 0.1) is 13.0 Å². The molecule has 3 nitrogen and oxygen atoms in total. The van der Waals surface area contributed by atoms with Crippen LogP contribution in [0, 0.1) is 11.3 Å². The van der Waals surface area contributed by atoms with Crippen LogP contribution in [0.25, 0.3) is 0 Å². The van der Waals surface area contributed by atoms with Crippen LogP contribution in [-0.2, 0) is 9.53 Å². The molecule has 16 heavy (non-hydrogen) atoms. The van der Waals surface area contributed by atoms with Crippen molar-refractivity contribution in [2.45, 2.75) is 52.4 Å². The fourth-order valence-electron chi connectivity index (χ4n) is 2.16. The Kier molecular flexibility index (Phi) is 5.26. The molecule has 0 atom stereocenters. The van der Waals surface area contributed by atoms with Crippen molar-refractivity contribution < 1.29 is 9.53 Å². The van der Waals surface area contributed by atoms with Gasteiger partial charge in [0.25, 0.3) is 0 Å². The van der Waals surface area contributed by atoms with Crippen LogP contribution in [0.15, 0.2) is 0 Å². The molecule has 0 aromatic carbocycles. The van der Waals surface area contributed by atoms with Gasteiger partial charge in [0.15, 0.2) is 0 Å². The quantitative estimate of drug-likeness (QED) is 0.537. The van der Waals surface area contributed by atoms with Gasteiger partial charge in [-0.1, -0.05) is 20.3 Å². The summed E-state index contributed by atoms with van der Waals surface area (Å²) in [4.78, 5) is 11.6. The van der Waals surface area contributed by atoms with Crippen molar-refractivity contribution in [3.8, 4) is 0 Å². The molecule has 1 rings (SSSR count). The molecule has 3 heteroatoms. The number of hydrogen-bond donors (Lipinski definition) is 1. The smallest absolute Gasteiger partial charge is 0.306 e. The van der Waals surface area contributed by atoms with E-state index >= 15 is 0 Å². The lowest BCUT2D eigenvalue weighted by Crippen LogP contribution is -2.39. The van der Waals surface area contributed by atoms with Crippen LogP contribution < -0.4 is 5.73 Å². The highest BCUT2D eigenvalue weighted by Crippen LogP contribution is 2.43. The van der Waals surface area contributed by atoms with E-state index in [4.69, 9.17) is 10.5 Å². The molecule has 1 fully saturated rings. The van der Waals surface area contributed by atoms with Gasteiger partial charge in [0.1, 0.15) is 0 Å². The van der Waals surface area contributed by atoms with E-state index in [-0.39, 0.29) is 11.4 Å². The lowest BCUT2D eigenvalue weighted by molar-refractivity contribution is -0.148. The van der Waals surface area contributed by atoms with Crippen molar-refractivity contribution in [1.82, 2.24) is 0 Å². The van der Waals surface area contributed by atoms with Gasteiger partial charge >= 0.3 is 5.97 Å². The molecule has 0 aromatic heterocycles. The van der Waals surface area contributed by atoms with Gasteiger partial charge in [-0.2, -0.15) is 0 Å². The van der Waals surface area contributed by atoms with Crippen molar-refractivity contribution in [2.24, 2.45) is 17.1 Å². The van der Waals surface area contributed by atoms with E-state index in [1.54, 1.807) is 0 Å². The molecule has 0 aliphatic heterocycles. The molecule has 0 saturated heterocycles. The first kappa shape index (κ1) is 13.5. The number of hydrogen-bond acceptors (Lipinski definition) is 3. The van der Waals surface area contributed by atoms with Gasteiger partial charge in [-0.15, -0.1) is 0 Å². The summed E-state index contributed by atoms with van der Waals surface area (Å²) in [5, 5.41) is 0. The maximum atomic E-state index is 11.6. The van der Waals surface area contributed by atoms with Crippen LogP contribution in [0.4, 0.5) is 0 Å². The highest BCUT2D eigenvalue weighted by atomic mass is 16.5. The minimum atomic E-state index is -0.0612. The summed E-state index contributed by atoms with van der Waals surface area (Å²) in [6.07, 6.45) is 5.99. The van der Waals surface area contributed by atoms with Crippen LogP contribution in [-0.4, -0.2) is 19.1 Å². The van der Waals surface area contributed by atoms with Gasteiger partial charge in [0, 0.05) is 0 Å². The number of ether oxygens (including phenoxy) is 1. The maximum Gasteiger partial charge on any atom is 0.306 e. The van der Waals surface area contributed by atoms with Crippen molar-refractivity contribution >= 4 is 5.97 Å². The zero-order valence-corrected chi connectivity index (χ0v) is 10.6. The zero-order valence-electron chi connectivity index (χ0n) is 10.6. The van der Waals surface area contributed by atoms with Crippen LogP contribution >= 0.6 is 0 Å². The average molecular weight is 227 g/mol. The zero-order chi connectivity index (χ0) is 12.0. The third kappa shape index (κ3) is 4.12. The van der Waals surface area contributed by atoms with E-state index in [0.717, 1.165) is 25.7 Å². The van der Waals surface area contributed by atoms with Crippen molar-refractivity contribution in [3.05, 3.63) is 0 Å². The predicted octanol–water partition coefficient (Wildman–Crippen LogP) is 2.48. The first-order valence-corrected chi connectivity index (χ1v) is 6.44. The van der Waals surface area contributed by atoms with E-state index in [1.807, 2.05) is 0 Å². The molecule has 0 aromatic rings. The second-order valence-corrected chi connectivity index (χ2v) is 5.49. The minimum Gasteiger partial charge on any atom is -0.466 e. The Morgan fingerprint density at radius 1 is 1.44 bits per heavy atom. The fraction of sp³-hybridized carbons (Fsp3) is 0.923. The van der Waals surface area contributed by atoms with Crippen molar-refractivity contribution in [1.29, 1.82) is 0 Å². The number of carbonyl (C=O) groups excluding carboxylic acids is 1. The molecule has 0 unspecified atom stereocenters. The third-order valence-electron chi connectivity index (χ3n) is 3.56. The summed E-state index contributed by atoms with van der Waals surface area (Å²) < 4.78 is 5.23. The number of rotatable bonds is 7. The first-order valence-electron chi connectivity index (χ1n) is 6.44. The Hall–Kier alpha value is -0.570. The molecule has 0 radical (unpaired) electrons. The van der Waals surface area contributed by atoms with Gasteiger partial charge < -0.3 is 10.5 Å². The van der Waals surface area contributed by atoms with Gasteiger partial charge in [-0.05, 0) is 43.6 Å². The van der Waals surface area contributed by atoms with E-state index in [9.17, 15) is 4.79 Å². The molecular formula is C13H25NO2. The molecule has 0 heterocycles. The van der Waals surface area contributed by atoms with Gasteiger partial charge in [0.2, 0.25) is 0 Å². The van der Waals surface area contributed by atoms with Crippen LogP contribution in [0.1, 0.15) is 52.4 Å². The Labute approximate surface area is 98.7 Å². The number of nitrogens with two attached hydrogens (primary N) is 1. The Morgan fingerprint density at radius 3 is 2.56 bits per heavy atom.